The highest BCUT2D eigenvalue weighted by Gasteiger charge is 2.14. The number of anilines is 1. The first-order valence-electron chi connectivity index (χ1n) is 10.1. The summed E-state index contributed by atoms with van der Waals surface area (Å²) in [6, 6.07) is 9.53. The van der Waals surface area contributed by atoms with E-state index in [0.717, 1.165) is 34.2 Å². The molecule has 0 atom stereocenters. The van der Waals surface area contributed by atoms with Crippen molar-refractivity contribution in [3.05, 3.63) is 36.5 Å². The Hall–Kier alpha value is -2.81. The lowest BCUT2D eigenvalue weighted by molar-refractivity contribution is -0.123. The van der Waals surface area contributed by atoms with Gasteiger partial charge in [0.2, 0.25) is 0 Å². The summed E-state index contributed by atoms with van der Waals surface area (Å²) in [5.74, 6) is 2.24. The van der Waals surface area contributed by atoms with E-state index in [0.29, 0.717) is 18.8 Å². The van der Waals surface area contributed by atoms with Gasteiger partial charge >= 0.3 is 0 Å². The third-order valence-electron chi connectivity index (χ3n) is 4.10. The van der Waals surface area contributed by atoms with E-state index in [4.69, 9.17) is 4.74 Å². The number of aromatic nitrogens is 4. The summed E-state index contributed by atoms with van der Waals surface area (Å²) in [5, 5.41) is 12.3. The van der Waals surface area contributed by atoms with E-state index in [9.17, 15) is 4.79 Å². The molecule has 2 heterocycles. The zero-order chi connectivity index (χ0) is 21.3. The summed E-state index contributed by atoms with van der Waals surface area (Å²) in [6.07, 6.45) is 2.82. The summed E-state index contributed by atoms with van der Waals surface area (Å²) in [7, 11) is 0. The highest BCUT2D eigenvalue weighted by molar-refractivity contribution is 7.99. The fourth-order valence-electron chi connectivity index (χ4n) is 2.76. The number of thioether (sulfide) groups is 1. The molecule has 8 nitrogen and oxygen atoms in total. The van der Waals surface area contributed by atoms with Gasteiger partial charge in [0.1, 0.15) is 11.6 Å². The van der Waals surface area contributed by atoms with E-state index in [1.807, 2.05) is 30.3 Å². The third kappa shape index (κ3) is 6.09. The summed E-state index contributed by atoms with van der Waals surface area (Å²) in [6.45, 7) is 7.20. The van der Waals surface area contributed by atoms with Crippen molar-refractivity contribution >= 4 is 34.5 Å². The van der Waals surface area contributed by atoms with Crippen LogP contribution in [0, 0.1) is 0 Å². The molecule has 0 bridgehead atoms. The van der Waals surface area contributed by atoms with Crippen molar-refractivity contribution in [3.8, 4) is 5.75 Å². The zero-order valence-electron chi connectivity index (χ0n) is 17.6. The normalized spacial score (nSPS) is 11.1. The minimum absolute atomic E-state index is 0.0215. The molecule has 3 aromatic rings. The zero-order valence-corrected chi connectivity index (χ0v) is 18.4. The number of nitrogens with one attached hydrogen (secondary N) is 2. The minimum atomic E-state index is -0.175. The van der Waals surface area contributed by atoms with Gasteiger partial charge in [0.05, 0.1) is 18.1 Å². The first-order chi connectivity index (χ1) is 14.6. The molecule has 0 fully saturated rings. The number of benzene rings is 1. The predicted molar refractivity (Wildman–Crippen MR) is 120 cm³/mol. The molecule has 0 unspecified atom stereocenters. The molecule has 0 radical (unpaired) electrons. The van der Waals surface area contributed by atoms with Gasteiger partial charge in [-0.2, -0.15) is 5.10 Å². The molecule has 2 aromatic heterocycles. The number of carbonyl (C=O) groups is 1. The Morgan fingerprint density at radius 1 is 1.23 bits per heavy atom. The van der Waals surface area contributed by atoms with Crippen LogP contribution in [0.5, 0.6) is 5.75 Å². The maximum absolute atomic E-state index is 12.1. The standard InChI is InChI=1S/C21H28N6O2S/c1-4-12-30-21-25-19(24-15(2)3)17-13-23-27(20(17)26-21)11-10-22-18(28)14-29-16-8-6-5-7-9-16/h5-9,13,15H,4,10-12,14H2,1-3H3,(H,22,28)(H,24,25,26). The van der Waals surface area contributed by atoms with Crippen LogP contribution in [0.15, 0.2) is 41.7 Å². The molecule has 0 aliphatic heterocycles. The number of para-hydroxylation sites is 1. The Morgan fingerprint density at radius 3 is 2.77 bits per heavy atom. The average Bonchev–Trinajstić information content (AvgIpc) is 3.14. The van der Waals surface area contributed by atoms with Crippen molar-refractivity contribution in [1.29, 1.82) is 0 Å². The molecular weight excluding hydrogens is 400 g/mol. The van der Waals surface area contributed by atoms with Crippen LogP contribution in [0.1, 0.15) is 27.2 Å². The highest BCUT2D eigenvalue weighted by Crippen LogP contribution is 2.25. The molecule has 1 amide bonds. The number of hydrogen-bond donors (Lipinski definition) is 2. The van der Waals surface area contributed by atoms with Gasteiger partial charge in [-0.3, -0.25) is 4.79 Å². The van der Waals surface area contributed by atoms with Crippen molar-refractivity contribution in [2.45, 2.75) is 44.9 Å². The smallest absolute Gasteiger partial charge is 0.258 e. The van der Waals surface area contributed by atoms with Crippen LogP contribution in [0.25, 0.3) is 11.0 Å². The number of fused-ring (bicyclic) bond motifs is 1. The second-order valence-corrected chi connectivity index (χ2v) is 8.12. The molecule has 9 heteroatoms. The minimum Gasteiger partial charge on any atom is -0.484 e. The van der Waals surface area contributed by atoms with Crippen LogP contribution in [-0.2, 0) is 11.3 Å². The molecule has 30 heavy (non-hydrogen) atoms. The van der Waals surface area contributed by atoms with Crippen LogP contribution in [0.4, 0.5) is 5.82 Å². The number of nitrogens with zero attached hydrogens (tertiary/aromatic N) is 4. The summed E-state index contributed by atoms with van der Waals surface area (Å²) < 4.78 is 7.27. The molecule has 0 spiro atoms. The molecule has 0 saturated heterocycles. The maximum atomic E-state index is 12.1. The lowest BCUT2D eigenvalue weighted by Crippen LogP contribution is -2.31. The first-order valence-corrected chi connectivity index (χ1v) is 11.1. The van der Waals surface area contributed by atoms with E-state index in [1.54, 1.807) is 22.6 Å². The van der Waals surface area contributed by atoms with Gasteiger partial charge in [0, 0.05) is 18.3 Å². The van der Waals surface area contributed by atoms with Crippen LogP contribution in [0.3, 0.4) is 0 Å². The van der Waals surface area contributed by atoms with Crippen molar-refractivity contribution in [2.75, 3.05) is 24.2 Å². The Labute approximate surface area is 180 Å². The Morgan fingerprint density at radius 2 is 2.03 bits per heavy atom. The fraction of sp³-hybridized carbons (Fsp3) is 0.429. The van der Waals surface area contributed by atoms with Crippen molar-refractivity contribution < 1.29 is 9.53 Å². The van der Waals surface area contributed by atoms with Crippen molar-refractivity contribution in [1.82, 2.24) is 25.1 Å². The summed E-state index contributed by atoms with van der Waals surface area (Å²) in [5.41, 5.74) is 0.765. The van der Waals surface area contributed by atoms with Gasteiger partial charge in [-0.25, -0.2) is 14.6 Å². The van der Waals surface area contributed by atoms with E-state index in [-0.39, 0.29) is 18.6 Å². The Kier molecular flexibility index (Phi) is 7.89. The average molecular weight is 429 g/mol. The fourth-order valence-corrected chi connectivity index (χ4v) is 3.45. The number of hydrogen-bond acceptors (Lipinski definition) is 7. The van der Waals surface area contributed by atoms with Crippen LogP contribution in [-0.4, -0.2) is 50.6 Å². The highest BCUT2D eigenvalue weighted by atomic mass is 32.2. The lowest BCUT2D eigenvalue weighted by Gasteiger charge is -2.12. The van der Waals surface area contributed by atoms with Gasteiger partial charge in [-0.05, 0) is 32.4 Å². The van der Waals surface area contributed by atoms with Gasteiger partial charge in [0.15, 0.2) is 17.4 Å². The third-order valence-corrected chi connectivity index (χ3v) is 5.15. The summed E-state index contributed by atoms with van der Waals surface area (Å²) in [4.78, 5) is 21.4. The second-order valence-electron chi connectivity index (χ2n) is 7.06. The van der Waals surface area contributed by atoms with Crippen molar-refractivity contribution in [2.24, 2.45) is 0 Å². The predicted octanol–water partition coefficient (Wildman–Crippen LogP) is 3.34. The summed E-state index contributed by atoms with van der Waals surface area (Å²) >= 11 is 1.63. The SMILES string of the molecule is CCCSc1nc(NC(C)C)c2cnn(CCNC(=O)COc3ccccc3)c2n1. The largest absolute Gasteiger partial charge is 0.484 e. The molecule has 160 valence electrons. The van der Waals surface area contributed by atoms with E-state index in [1.165, 1.54) is 0 Å². The Bertz CT molecular complexity index is 961. The topological polar surface area (TPSA) is 94.0 Å². The molecule has 0 aliphatic rings. The monoisotopic (exact) mass is 428 g/mol. The van der Waals surface area contributed by atoms with Gasteiger partial charge in [-0.1, -0.05) is 36.9 Å². The van der Waals surface area contributed by atoms with Gasteiger partial charge in [-0.15, -0.1) is 0 Å². The maximum Gasteiger partial charge on any atom is 0.258 e. The molecule has 3 rings (SSSR count). The number of ether oxygens (including phenoxy) is 1. The number of rotatable bonds is 11. The quantitative estimate of drug-likeness (QED) is 0.357. The van der Waals surface area contributed by atoms with Crippen LogP contribution < -0.4 is 15.4 Å². The molecule has 2 N–H and O–H groups in total. The second kappa shape index (κ2) is 10.8. The first kappa shape index (κ1) is 21.9. The molecule has 0 saturated carbocycles. The van der Waals surface area contributed by atoms with Crippen LogP contribution >= 0.6 is 11.8 Å². The van der Waals surface area contributed by atoms with Crippen LogP contribution in [0.2, 0.25) is 0 Å². The number of amides is 1. The Balaban J connectivity index is 1.63. The lowest BCUT2D eigenvalue weighted by atomic mass is 10.3. The molecule has 0 aliphatic carbocycles. The van der Waals surface area contributed by atoms with Gasteiger partial charge in [0.25, 0.3) is 5.91 Å². The van der Waals surface area contributed by atoms with E-state index in [2.05, 4.69) is 46.5 Å². The molecular formula is C21H28N6O2S. The number of carbonyl (C=O) groups excluding carboxylic acids is 1. The van der Waals surface area contributed by atoms with E-state index < -0.39 is 0 Å². The molecule has 1 aromatic carbocycles. The van der Waals surface area contributed by atoms with Crippen molar-refractivity contribution in [3.63, 3.8) is 0 Å². The van der Waals surface area contributed by atoms with E-state index >= 15 is 0 Å². The van der Waals surface area contributed by atoms with Gasteiger partial charge < -0.3 is 15.4 Å².